The molecule has 2 aliphatic rings. The Labute approximate surface area is 137 Å². The van der Waals surface area contributed by atoms with E-state index in [4.69, 9.17) is 20.3 Å². The number of hydrogen-bond donors (Lipinski definition) is 0. The molecule has 0 radical (unpaired) electrons. The lowest BCUT2D eigenvalue weighted by molar-refractivity contribution is -0.194. The van der Waals surface area contributed by atoms with E-state index in [9.17, 15) is 0 Å². The molecule has 126 valence electrons. The maximum Gasteiger partial charge on any atom is 0.192 e. The Balaban J connectivity index is 2.05. The molecule has 0 aromatic heterocycles. The van der Waals surface area contributed by atoms with Crippen molar-refractivity contribution in [3.8, 4) is 12.3 Å². The van der Waals surface area contributed by atoms with Gasteiger partial charge in [-0.05, 0) is 31.0 Å². The van der Waals surface area contributed by atoms with E-state index in [2.05, 4.69) is 39.8 Å². The standard InChI is InChI=1S/C18H32O3Si/c1-7-11-15(21-22(5,6)17(2,3)4)16-14-19-18(20-16)12-9-8-10-13-18/h1,15-16H,8-14H2,2-6H3/t15-,16+/m0/s1. The third kappa shape index (κ3) is 3.94. The number of ether oxygens (including phenoxy) is 2. The molecule has 2 rings (SSSR count). The maximum absolute atomic E-state index is 6.55. The van der Waals surface area contributed by atoms with Crippen LogP contribution in [0.5, 0.6) is 0 Å². The van der Waals surface area contributed by atoms with Gasteiger partial charge in [-0.2, -0.15) is 0 Å². The average Bonchev–Trinajstić information content (AvgIpc) is 2.81. The topological polar surface area (TPSA) is 27.7 Å². The Hall–Kier alpha value is -0.343. The van der Waals surface area contributed by atoms with E-state index < -0.39 is 8.32 Å². The second-order valence-electron chi connectivity index (χ2n) is 8.26. The smallest absolute Gasteiger partial charge is 0.192 e. The van der Waals surface area contributed by atoms with Crippen molar-refractivity contribution in [1.29, 1.82) is 0 Å². The summed E-state index contributed by atoms with van der Waals surface area (Å²) < 4.78 is 19.0. The highest BCUT2D eigenvalue weighted by molar-refractivity contribution is 6.74. The molecule has 0 N–H and O–H groups in total. The molecule has 3 nitrogen and oxygen atoms in total. The van der Waals surface area contributed by atoms with E-state index in [0.29, 0.717) is 13.0 Å². The quantitative estimate of drug-likeness (QED) is 0.564. The van der Waals surface area contributed by atoms with Crippen molar-refractivity contribution in [1.82, 2.24) is 0 Å². The molecule has 2 fully saturated rings. The molecule has 1 heterocycles. The molecule has 0 aromatic rings. The summed E-state index contributed by atoms with van der Waals surface area (Å²) in [5.74, 6) is 2.42. The molecule has 4 heteroatoms. The normalized spacial score (nSPS) is 26.8. The van der Waals surface area contributed by atoms with Crippen LogP contribution in [0.25, 0.3) is 0 Å². The monoisotopic (exact) mass is 324 g/mol. The van der Waals surface area contributed by atoms with Crippen molar-refractivity contribution in [3.63, 3.8) is 0 Å². The third-order valence-corrected chi connectivity index (χ3v) is 9.98. The summed E-state index contributed by atoms with van der Waals surface area (Å²) in [6, 6.07) is 0. The third-order valence-electron chi connectivity index (χ3n) is 5.48. The Morgan fingerprint density at radius 3 is 2.45 bits per heavy atom. The molecular formula is C18H32O3Si. The lowest BCUT2D eigenvalue weighted by atomic mass is 9.94. The summed E-state index contributed by atoms with van der Waals surface area (Å²) >= 11 is 0. The summed E-state index contributed by atoms with van der Waals surface area (Å²) in [7, 11) is -1.86. The molecule has 1 aliphatic carbocycles. The zero-order valence-corrected chi connectivity index (χ0v) is 15.9. The van der Waals surface area contributed by atoms with Crippen LogP contribution in [0.3, 0.4) is 0 Å². The molecule has 0 aromatic carbocycles. The van der Waals surface area contributed by atoms with Gasteiger partial charge in [0, 0.05) is 19.3 Å². The first-order chi connectivity index (χ1) is 10.2. The summed E-state index contributed by atoms with van der Waals surface area (Å²) in [6.07, 6.45) is 11.8. The first-order valence-electron chi connectivity index (χ1n) is 8.62. The second kappa shape index (κ2) is 6.65. The summed E-state index contributed by atoms with van der Waals surface area (Å²) in [5.41, 5.74) is 0. The number of terminal acetylenes is 1. The fraction of sp³-hybridized carbons (Fsp3) is 0.889. The lowest BCUT2D eigenvalue weighted by Crippen LogP contribution is -2.48. The molecular weight excluding hydrogens is 292 g/mol. The molecule has 1 aliphatic heterocycles. The van der Waals surface area contributed by atoms with Crippen LogP contribution in [-0.2, 0) is 13.9 Å². The van der Waals surface area contributed by atoms with Gasteiger partial charge in [-0.1, -0.05) is 27.2 Å². The minimum absolute atomic E-state index is 0.0247. The zero-order chi connectivity index (χ0) is 16.4. The van der Waals surface area contributed by atoms with E-state index in [1.54, 1.807) is 0 Å². The summed E-state index contributed by atoms with van der Waals surface area (Å²) in [6.45, 7) is 11.9. The van der Waals surface area contributed by atoms with Crippen LogP contribution >= 0.6 is 0 Å². The van der Waals surface area contributed by atoms with Crippen LogP contribution in [0.1, 0.15) is 59.3 Å². The van der Waals surface area contributed by atoms with Crippen LogP contribution in [0.15, 0.2) is 0 Å². The first-order valence-corrected chi connectivity index (χ1v) is 11.5. The van der Waals surface area contributed by atoms with E-state index >= 15 is 0 Å². The van der Waals surface area contributed by atoms with Gasteiger partial charge in [0.1, 0.15) is 6.10 Å². The van der Waals surface area contributed by atoms with Crippen molar-refractivity contribution in [2.45, 2.75) is 95.4 Å². The fourth-order valence-electron chi connectivity index (χ4n) is 3.03. The van der Waals surface area contributed by atoms with Gasteiger partial charge in [-0.15, -0.1) is 12.3 Å². The predicted molar refractivity (Wildman–Crippen MR) is 92.2 cm³/mol. The number of hydrogen-bond acceptors (Lipinski definition) is 3. The van der Waals surface area contributed by atoms with E-state index in [-0.39, 0.29) is 23.0 Å². The van der Waals surface area contributed by atoms with Crippen LogP contribution in [0, 0.1) is 12.3 Å². The molecule has 1 saturated carbocycles. The van der Waals surface area contributed by atoms with E-state index in [1.165, 1.54) is 19.3 Å². The Morgan fingerprint density at radius 1 is 1.27 bits per heavy atom. The second-order valence-corrected chi connectivity index (χ2v) is 13.0. The highest BCUT2D eigenvalue weighted by Gasteiger charge is 2.47. The van der Waals surface area contributed by atoms with Crippen molar-refractivity contribution >= 4 is 8.32 Å². The van der Waals surface area contributed by atoms with Gasteiger partial charge in [0.25, 0.3) is 0 Å². The SMILES string of the molecule is C#CC[C@H](O[Si](C)(C)C(C)(C)C)[C@H]1COC2(CCCCC2)O1. The first kappa shape index (κ1) is 18.0. The Morgan fingerprint density at radius 2 is 1.91 bits per heavy atom. The van der Waals surface area contributed by atoms with Gasteiger partial charge >= 0.3 is 0 Å². The Bertz CT molecular complexity index is 413. The van der Waals surface area contributed by atoms with Gasteiger partial charge in [0.2, 0.25) is 0 Å². The largest absolute Gasteiger partial charge is 0.410 e. The van der Waals surface area contributed by atoms with Gasteiger partial charge in [0.05, 0.1) is 12.7 Å². The molecule has 0 unspecified atom stereocenters. The molecule has 0 bridgehead atoms. The molecule has 0 amide bonds. The van der Waals surface area contributed by atoms with Crippen molar-refractivity contribution < 1.29 is 13.9 Å². The maximum atomic E-state index is 6.55. The molecule has 1 saturated heterocycles. The van der Waals surface area contributed by atoms with Crippen LogP contribution in [0.4, 0.5) is 0 Å². The lowest BCUT2D eigenvalue weighted by Gasteiger charge is -2.40. The van der Waals surface area contributed by atoms with Crippen LogP contribution < -0.4 is 0 Å². The van der Waals surface area contributed by atoms with Gasteiger partial charge in [0.15, 0.2) is 14.1 Å². The molecule has 22 heavy (non-hydrogen) atoms. The van der Waals surface area contributed by atoms with Crippen LogP contribution in [0.2, 0.25) is 18.1 Å². The van der Waals surface area contributed by atoms with E-state index in [1.807, 2.05) is 0 Å². The van der Waals surface area contributed by atoms with Crippen molar-refractivity contribution in [3.05, 3.63) is 0 Å². The molecule has 2 atom stereocenters. The van der Waals surface area contributed by atoms with Crippen molar-refractivity contribution in [2.75, 3.05) is 6.61 Å². The zero-order valence-electron chi connectivity index (χ0n) is 14.9. The summed E-state index contributed by atoms with van der Waals surface area (Å²) in [4.78, 5) is 0. The van der Waals surface area contributed by atoms with Crippen molar-refractivity contribution in [2.24, 2.45) is 0 Å². The average molecular weight is 325 g/mol. The fourth-order valence-corrected chi connectivity index (χ4v) is 4.38. The molecule has 1 spiro atoms. The van der Waals surface area contributed by atoms with Crippen LogP contribution in [-0.4, -0.2) is 32.9 Å². The summed E-state index contributed by atoms with van der Waals surface area (Å²) in [5, 5.41) is 0.168. The van der Waals surface area contributed by atoms with Gasteiger partial charge < -0.3 is 13.9 Å². The number of rotatable bonds is 4. The predicted octanol–water partition coefficient (Wildman–Crippen LogP) is 4.48. The van der Waals surface area contributed by atoms with E-state index in [0.717, 1.165) is 12.8 Å². The van der Waals surface area contributed by atoms with Gasteiger partial charge in [-0.3, -0.25) is 0 Å². The highest BCUT2D eigenvalue weighted by atomic mass is 28.4. The minimum Gasteiger partial charge on any atom is -0.410 e. The van der Waals surface area contributed by atoms with Gasteiger partial charge in [-0.25, -0.2) is 0 Å². The minimum atomic E-state index is -1.86. The Kier molecular flexibility index (Phi) is 5.44. The highest BCUT2D eigenvalue weighted by Crippen LogP contribution is 2.42.